The normalized spacial score (nSPS) is 11.8. The van der Waals surface area contributed by atoms with Crippen LogP contribution in [0.2, 0.25) is 5.02 Å². The van der Waals surface area contributed by atoms with E-state index in [0.29, 0.717) is 29.8 Å². The maximum absolute atomic E-state index is 11.9. The monoisotopic (exact) mass is 474 g/mol. The number of hydrogen-bond donors (Lipinski definition) is 2. The van der Waals surface area contributed by atoms with Crippen LogP contribution in [0.4, 0.5) is 10.6 Å². The number of amides is 1. The van der Waals surface area contributed by atoms with Gasteiger partial charge in [-0.05, 0) is 67.4 Å². The van der Waals surface area contributed by atoms with Crippen molar-refractivity contribution in [1.82, 2.24) is 15.3 Å². The summed E-state index contributed by atoms with van der Waals surface area (Å²) in [6.45, 7) is 6.38. The summed E-state index contributed by atoms with van der Waals surface area (Å²) < 4.78 is 5.29. The van der Waals surface area contributed by atoms with E-state index in [1.165, 1.54) is 0 Å². The second-order valence-corrected chi connectivity index (χ2v) is 9.32. The van der Waals surface area contributed by atoms with Crippen molar-refractivity contribution in [2.75, 3.05) is 18.4 Å². The molecule has 0 radical (unpaired) electrons. The zero-order chi connectivity index (χ0) is 24.1. The Balaban J connectivity index is 1.59. The van der Waals surface area contributed by atoms with Crippen molar-refractivity contribution in [3.63, 3.8) is 0 Å². The fraction of sp³-hybridized carbons (Fsp3) is 0.222. The number of alkyl carbamates (subject to hydrolysis) is 1. The Bertz CT molecular complexity index is 1340. The minimum atomic E-state index is -0.535. The van der Waals surface area contributed by atoms with E-state index < -0.39 is 11.7 Å². The standard InChI is InChI=1S/C27H27ClN4O2/c1-27(2,3)34-26(33)30-15-14-29-25-22-16-19-6-4-5-7-20(19)17-23(22)31-24(32-25)13-10-18-8-11-21(28)12-9-18/h4-13,16-17H,14-15H2,1-3H3,(H,30,33)(H,29,31,32)/b13-10+. The van der Waals surface area contributed by atoms with Gasteiger partial charge in [0.05, 0.1) is 5.52 Å². The van der Waals surface area contributed by atoms with Crippen LogP contribution in [0.15, 0.2) is 60.7 Å². The molecule has 1 heterocycles. The maximum atomic E-state index is 11.9. The van der Waals surface area contributed by atoms with Gasteiger partial charge >= 0.3 is 6.09 Å². The van der Waals surface area contributed by atoms with Gasteiger partial charge in [-0.15, -0.1) is 0 Å². The van der Waals surface area contributed by atoms with Crippen molar-refractivity contribution >= 4 is 57.3 Å². The molecule has 0 unspecified atom stereocenters. The molecule has 0 bridgehead atoms. The highest BCUT2D eigenvalue weighted by Gasteiger charge is 2.15. The third kappa shape index (κ3) is 6.23. The second-order valence-electron chi connectivity index (χ2n) is 8.89. The summed E-state index contributed by atoms with van der Waals surface area (Å²) in [6, 6.07) is 19.9. The number of aromatic nitrogens is 2. The van der Waals surface area contributed by atoms with Crippen LogP contribution >= 0.6 is 11.6 Å². The lowest BCUT2D eigenvalue weighted by Crippen LogP contribution is -2.35. The lowest BCUT2D eigenvalue weighted by molar-refractivity contribution is 0.0530. The van der Waals surface area contributed by atoms with Gasteiger partial charge in [0.15, 0.2) is 5.82 Å². The average molecular weight is 475 g/mol. The van der Waals surface area contributed by atoms with E-state index in [1.807, 2.05) is 69.3 Å². The molecular formula is C27H27ClN4O2. The number of nitrogens with zero attached hydrogens (tertiary/aromatic N) is 2. The van der Waals surface area contributed by atoms with Crippen LogP contribution in [0.25, 0.3) is 33.8 Å². The Kier molecular flexibility index (Phi) is 6.98. The van der Waals surface area contributed by atoms with E-state index in [4.69, 9.17) is 26.3 Å². The number of carbonyl (C=O) groups excluding carboxylic acids is 1. The molecule has 0 saturated heterocycles. The predicted molar refractivity (Wildman–Crippen MR) is 140 cm³/mol. The quantitative estimate of drug-likeness (QED) is 0.245. The van der Waals surface area contributed by atoms with Gasteiger partial charge in [0.1, 0.15) is 11.4 Å². The summed E-state index contributed by atoms with van der Waals surface area (Å²) in [4.78, 5) is 21.4. The van der Waals surface area contributed by atoms with E-state index in [0.717, 1.165) is 27.2 Å². The van der Waals surface area contributed by atoms with Gasteiger partial charge < -0.3 is 15.4 Å². The first-order valence-electron chi connectivity index (χ1n) is 11.1. The lowest BCUT2D eigenvalue weighted by atomic mass is 10.1. The SMILES string of the molecule is CC(C)(C)OC(=O)NCCNc1nc(/C=C/c2ccc(Cl)cc2)nc2cc3ccccc3cc12. The molecule has 0 atom stereocenters. The summed E-state index contributed by atoms with van der Waals surface area (Å²) in [5.41, 5.74) is 1.31. The molecular weight excluding hydrogens is 448 g/mol. The number of ether oxygens (including phenoxy) is 1. The zero-order valence-corrected chi connectivity index (χ0v) is 20.2. The van der Waals surface area contributed by atoms with Gasteiger partial charge in [0, 0.05) is 23.5 Å². The van der Waals surface area contributed by atoms with Gasteiger partial charge in [0.2, 0.25) is 0 Å². The van der Waals surface area contributed by atoms with E-state index >= 15 is 0 Å². The molecule has 7 heteroatoms. The van der Waals surface area contributed by atoms with Crippen LogP contribution in [0.5, 0.6) is 0 Å². The smallest absolute Gasteiger partial charge is 0.407 e. The molecule has 34 heavy (non-hydrogen) atoms. The third-order valence-corrected chi connectivity index (χ3v) is 5.21. The van der Waals surface area contributed by atoms with Crippen LogP contribution in [0, 0.1) is 0 Å². The number of fused-ring (bicyclic) bond motifs is 2. The molecule has 0 fully saturated rings. The number of anilines is 1. The van der Waals surface area contributed by atoms with Crippen LogP contribution in [0.3, 0.4) is 0 Å². The number of halogens is 1. The summed E-state index contributed by atoms with van der Waals surface area (Å²) in [6.07, 6.45) is 3.38. The van der Waals surface area contributed by atoms with Crippen molar-refractivity contribution in [2.45, 2.75) is 26.4 Å². The van der Waals surface area contributed by atoms with E-state index in [1.54, 1.807) is 0 Å². The van der Waals surface area contributed by atoms with E-state index in [-0.39, 0.29) is 0 Å². The van der Waals surface area contributed by atoms with E-state index in [2.05, 4.69) is 34.9 Å². The lowest BCUT2D eigenvalue weighted by Gasteiger charge is -2.19. The molecule has 0 aliphatic heterocycles. The van der Waals surface area contributed by atoms with Gasteiger partial charge in [-0.2, -0.15) is 0 Å². The number of rotatable bonds is 6. The van der Waals surface area contributed by atoms with Crippen molar-refractivity contribution in [3.8, 4) is 0 Å². The maximum Gasteiger partial charge on any atom is 0.407 e. The molecule has 0 aliphatic rings. The fourth-order valence-electron chi connectivity index (χ4n) is 3.45. The Morgan fingerprint density at radius 3 is 2.38 bits per heavy atom. The van der Waals surface area contributed by atoms with Crippen LogP contribution in [0.1, 0.15) is 32.2 Å². The number of carbonyl (C=O) groups is 1. The Morgan fingerprint density at radius 2 is 1.68 bits per heavy atom. The summed E-state index contributed by atoms with van der Waals surface area (Å²) in [7, 11) is 0. The average Bonchev–Trinajstić information content (AvgIpc) is 2.79. The topological polar surface area (TPSA) is 76.1 Å². The zero-order valence-electron chi connectivity index (χ0n) is 19.4. The molecule has 1 amide bonds. The second kappa shape index (κ2) is 10.1. The minimum absolute atomic E-state index is 0.393. The summed E-state index contributed by atoms with van der Waals surface area (Å²) in [5, 5.41) is 9.93. The molecule has 174 valence electrons. The van der Waals surface area contributed by atoms with E-state index in [9.17, 15) is 4.79 Å². The number of hydrogen-bond acceptors (Lipinski definition) is 5. The van der Waals surface area contributed by atoms with Crippen LogP contribution < -0.4 is 10.6 Å². The Hall–Kier alpha value is -3.64. The molecule has 0 spiro atoms. The molecule has 3 aromatic carbocycles. The highest BCUT2D eigenvalue weighted by molar-refractivity contribution is 6.30. The minimum Gasteiger partial charge on any atom is -0.444 e. The van der Waals surface area contributed by atoms with Gasteiger partial charge in [-0.1, -0.05) is 54.1 Å². The van der Waals surface area contributed by atoms with Crippen LogP contribution in [-0.4, -0.2) is 34.8 Å². The third-order valence-electron chi connectivity index (χ3n) is 4.96. The van der Waals surface area contributed by atoms with Gasteiger partial charge in [-0.25, -0.2) is 14.8 Å². The number of benzene rings is 3. The van der Waals surface area contributed by atoms with Gasteiger partial charge in [-0.3, -0.25) is 0 Å². The molecule has 6 nitrogen and oxygen atoms in total. The largest absolute Gasteiger partial charge is 0.444 e. The first kappa shape index (κ1) is 23.5. The predicted octanol–water partition coefficient (Wildman–Crippen LogP) is 6.54. The van der Waals surface area contributed by atoms with Gasteiger partial charge in [0.25, 0.3) is 0 Å². The molecule has 1 aromatic heterocycles. The molecule has 4 rings (SSSR count). The molecule has 2 N–H and O–H groups in total. The highest BCUT2D eigenvalue weighted by atomic mass is 35.5. The van der Waals surface area contributed by atoms with Crippen molar-refractivity contribution < 1.29 is 9.53 Å². The molecule has 0 aliphatic carbocycles. The molecule has 4 aromatic rings. The number of nitrogens with one attached hydrogen (secondary N) is 2. The first-order chi connectivity index (χ1) is 16.3. The molecule has 0 saturated carbocycles. The van der Waals surface area contributed by atoms with Crippen molar-refractivity contribution in [3.05, 3.63) is 77.1 Å². The Morgan fingerprint density at radius 1 is 0.971 bits per heavy atom. The van der Waals surface area contributed by atoms with Crippen molar-refractivity contribution in [2.24, 2.45) is 0 Å². The highest BCUT2D eigenvalue weighted by Crippen LogP contribution is 2.27. The van der Waals surface area contributed by atoms with Crippen molar-refractivity contribution in [1.29, 1.82) is 0 Å². The fourth-order valence-corrected chi connectivity index (χ4v) is 3.57. The van der Waals surface area contributed by atoms with Crippen LogP contribution in [-0.2, 0) is 4.74 Å². The summed E-state index contributed by atoms with van der Waals surface area (Å²) in [5.74, 6) is 1.29. The first-order valence-corrected chi connectivity index (χ1v) is 11.5. The summed E-state index contributed by atoms with van der Waals surface area (Å²) >= 11 is 5.98. The Labute approximate surface area is 204 Å².